The summed E-state index contributed by atoms with van der Waals surface area (Å²) in [6.45, 7) is 4.33. The Bertz CT molecular complexity index is 370. The summed E-state index contributed by atoms with van der Waals surface area (Å²) in [5.41, 5.74) is 2.57. The summed E-state index contributed by atoms with van der Waals surface area (Å²) in [6, 6.07) is 8.24. The Balaban J connectivity index is 1.90. The predicted molar refractivity (Wildman–Crippen MR) is 57.6 cm³/mol. The zero-order valence-electron chi connectivity index (χ0n) is 8.81. The van der Waals surface area contributed by atoms with Crippen LogP contribution in [0.3, 0.4) is 0 Å². The van der Waals surface area contributed by atoms with E-state index in [1.165, 1.54) is 11.1 Å². The van der Waals surface area contributed by atoms with Crippen molar-refractivity contribution >= 4 is 5.97 Å². The minimum atomic E-state index is -0.670. The SMILES string of the molecule is Cc1ccccc1CN1CC(C(=O)O)C1. The Morgan fingerprint density at radius 3 is 2.73 bits per heavy atom. The molecule has 0 spiro atoms. The molecule has 0 saturated carbocycles. The maximum absolute atomic E-state index is 10.6. The summed E-state index contributed by atoms with van der Waals surface area (Å²) in [5, 5.41) is 8.75. The lowest BCUT2D eigenvalue weighted by atomic mass is 9.98. The molecule has 80 valence electrons. The maximum Gasteiger partial charge on any atom is 0.309 e. The molecule has 1 N–H and O–H groups in total. The minimum Gasteiger partial charge on any atom is -0.481 e. The number of rotatable bonds is 3. The third kappa shape index (κ3) is 2.18. The summed E-state index contributed by atoms with van der Waals surface area (Å²) < 4.78 is 0. The van der Waals surface area contributed by atoms with Gasteiger partial charge >= 0.3 is 5.97 Å². The van der Waals surface area contributed by atoms with E-state index in [9.17, 15) is 4.79 Å². The van der Waals surface area contributed by atoms with Gasteiger partial charge in [0.2, 0.25) is 0 Å². The molecule has 2 rings (SSSR count). The highest BCUT2D eigenvalue weighted by Crippen LogP contribution is 2.19. The van der Waals surface area contributed by atoms with E-state index in [-0.39, 0.29) is 5.92 Å². The number of likely N-dealkylation sites (tertiary alicyclic amines) is 1. The highest BCUT2D eigenvalue weighted by atomic mass is 16.4. The zero-order valence-corrected chi connectivity index (χ0v) is 8.81. The molecule has 0 radical (unpaired) electrons. The zero-order chi connectivity index (χ0) is 10.8. The number of hydrogen-bond acceptors (Lipinski definition) is 2. The molecule has 1 aliphatic heterocycles. The minimum absolute atomic E-state index is 0.158. The second kappa shape index (κ2) is 4.03. The first-order valence-electron chi connectivity index (χ1n) is 5.16. The summed E-state index contributed by atoms with van der Waals surface area (Å²) in [5.74, 6) is -0.829. The molecule has 1 heterocycles. The lowest BCUT2D eigenvalue weighted by molar-refractivity contribution is -0.147. The summed E-state index contributed by atoms with van der Waals surface area (Å²) >= 11 is 0. The van der Waals surface area contributed by atoms with Crippen molar-refractivity contribution in [3.8, 4) is 0 Å². The number of benzene rings is 1. The van der Waals surface area contributed by atoms with Crippen LogP contribution >= 0.6 is 0 Å². The van der Waals surface area contributed by atoms with Crippen molar-refractivity contribution in [1.82, 2.24) is 4.90 Å². The standard InChI is InChI=1S/C12H15NO2/c1-9-4-2-3-5-10(9)6-13-7-11(8-13)12(14)15/h2-5,11H,6-8H2,1H3,(H,14,15). The van der Waals surface area contributed by atoms with E-state index in [1.807, 2.05) is 12.1 Å². The molecular weight excluding hydrogens is 190 g/mol. The number of aliphatic carboxylic acids is 1. The van der Waals surface area contributed by atoms with E-state index in [0.29, 0.717) is 13.1 Å². The van der Waals surface area contributed by atoms with Crippen LogP contribution in [0.1, 0.15) is 11.1 Å². The quantitative estimate of drug-likeness (QED) is 0.813. The number of carboxylic acids is 1. The number of nitrogens with zero attached hydrogens (tertiary/aromatic N) is 1. The number of aryl methyl sites for hydroxylation is 1. The van der Waals surface area contributed by atoms with Gasteiger partial charge in [-0.2, -0.15) is 0 Å². The molecule has 0 aromatic heterocycles. The molecule has 0 amide bonds. The van der Waals surface area contributed by atoms with Crippen molar-refractivity contribution in [2.24, 2.45) is 5.92 Å². The average Bonchev–Trinajstić information content (AvgIpc) is 2.12. The van der Waals surface area contributed by atoms with Crippen LogP contribution < -0.4 is 0 Å². The third-order valence-electron chi connectivity index (χ3n) is 2.96. The van der Waals surface area contributed by atoms with E-state index < -0.39 is 5.97 Å². The van der Waals surface area contributed by atoms with Crippen LogP contribution in [0.4, 0.5) is 0 Å². The molecule has 0 bridgehead atoms. The Morgan fingerprint density at radius 1 is 1.47 bits per heavy atom. The molecule has 3 heteroatoms. The molecule has 0 aliphatic carbocycles. The summed E-state index contributed by atoms with van der Waals surface area (Å²) in [4.78, 5) is 12.8. The van der Waals surface area contributed by atoms with Crippen molar-refractivity contribution in [3.63, 3.8) is 0 Å². The fraction of sp³-hybridized carbons (Fsp3) is 0.417. The van der Waals surface area contributed by atoms with Crippen molar-refractivity contribution in [2.75, 3.05) is 13.1 Å². The largest absolute Gasteiger partial charge is 0.481 e. The predicted octanol–water partition coefficient (Wildman–Crippen LogP) is 1.51. The van der Waals surface area contributed by atoms with E-state index in [4.69, 9.17) is 5.11 Å². The van der Waals surface area contributed by atoms with Gasteiger partial charge in [0.25, 0.3) is 0 Å². The van der Waals surface area contributed by atoms with Gasteiger partial charge in [-0.15, -0.1) is 0 Å². The molecule has 1 aromatic carbocycles. The van der Waals surface area contributed by atoms with Gasteiger partial charge < -0.3 is 5.11 Å². The Morgan fingerprint density at radius 2 is 2.13 bits per heavy atom. The van der Waals surface area contributed by atoms with Crippen LogP contribution in [0.5, 0.6) is 0 Å². The number of hydrogen-bond donors (Lipinski definition) is 1. The molecule has 15 heavy (non-hydrogen) atoms. The van der Waals surface area contributed by atoms with Crippen molar-refractivity contribution < 1.29 is 9.90 Å². The van der Waals surface area contributed by atoms with Crippen LogP contribution in [0.25, 0.3) is 0 Å². The highest BCUT2D eigenvalue weighted by Gasteiger charge is 2.32. The van der Waals surface area contributed by atoms with Crippen LogP contribution in [-0.4, -0.2) is 29.1 Å². The van der Waals surface area contributed by atoms with Crippen molar-refractivity contribution in [2.45, 2.75) is 13.5 Å². The van der Waals surface area contributed by atoms with Gasteiger partial charge in [0.05, 0.1) is 5.92 Å². The first-order valence-corrected chi connectivity index (χ1v) is 5.16. The van der Waals surface area contributed by atoms with Crippen LogP contribution in [0.2, 0.25) is 0 Å². The van der Waals surface area contributed by atoms with E-state index in [1.54, 1.807) is 0 Å². The monoisotopic (exact) mass is 205 g/mol. The van der Waals surface area contributed by atoms with Crippen LogP contribution in [-0.2, 0) is 11.3 Å². The lowest BCUT2D eigenvalue weighted by Gasteiger charge is -2.36. The topological polar surface area (TPSA) is 40.5 Å². The Labute approximate surface area is 89.3 Å². The van der Waals surface area contributed by atoms with Gasteiger partial charge in [-0.25, -0.2) is 0 Å². The van der Waals surface area contributed by atoms with Crippen molar-refractivity contribution in [1.29, 1.82) is 0 Å². The molecule has 1 fully saturated rings. The Kier molecular flexibility index (Phi) is 2.73. The molecule has 1 saturated heterocycles. The molecule has 1 aliphatic rings. The Hall–Kier alpha value is -1.35. The van der Waals surface area contributed by atoms with Gasteiger partial charge in [0.15, 0.2) is 0 Å². The normalized spacial score (nSPS) is 17.4. The smallest absolute Gasteiger partial charge is 0.309 e. The van der Waals surface area contributed by atoms with Gasteiger partial charge in [0.1, 0.15) is 0 Å². The molecule has 0 atom stereocenters. The average molecular weight is 205 g/mol. The number of carbonyl (C=O) groups is 1. The van der Waals surface area contributed by atoms with Gasteiger partial charge in [-0.1, -0.05) is 24.3 Å². The molecule has 1 aromatic rings. The van der Waals surface area contributed by atoms with Gasteiger partial charge in [0, 0.05) is 19.6 Å². The van der Waals surface area contributed by atoms with E-state index >= 15 is 0 Å². The van der Waals surface area contributed by atoms with E-state index in [0.717, 1.165) is 6.54 Å². The first kappa shape index (κ1) is 10.2. The summed E-state index contributed by atoms with van der Waals surface area (Å²) in [6.07, 6.45) is 0. The van der Waals surface area contributed by atoms with Crippen LogP contribution in [0.15, 0.2) is 24.3 Å². The van der Waals surface area contributed by atoms with Gasteiger partial charge in [-0.05, 0) is 18.1 Å². The number of carboxylic acid groups (broad SMARTS) is 1. The highest BCUT2D eigenvalue weighted by molar-refractivity contribution is 5.71. The fourth-order valence-corrected chi connectivity index (χ4v) is 1.88. The molecule has 3 nitrogen and oxygen atoms in total. The summed E-state index contributed by atoms with van der Waals surface area (Å²) in [7, 11) is 0. The second-order valence-corrected chi connectivity index (χ2v) is 4.16. The van der Waals surface area contributed by atoms with Gasteiger partial charge in [-0.3, -0.25) is 9.69 Å². The fourth-order valence-electron chi connectivity index (χ4n) is 1.88. The van der Waals surface area contributed by atoms with Crippen molar-refractivity contribution in [3.05, 3.63) is 35.4 Å². The maximum atomic E-state index is 10.6. The molecule has 0 unspecified atom stereocenters. The van der Waals surface area contributed by atoms with E-state index in [2.05, 4.69) is 24.0 Å². The second-order valence-electron chi connectivity index (χ2n) is 4.16. The third-order valence-corrected chi connectivity index (χ3v) is 2.96. The van der Waals surface area contributed by atoms with Crippen LogP contribution in [0, 0.1) is 12.8 Å². The molecular formula is C12H15NO2. The first-order chi connectivity index (χ1) is 7.16. The lowest BCUT2D eigenvalue weighted by Crippen LogP contribution is -2.49.